The first-order chi connectivity index (χ1) is 9.25. The molecule has 96 valence electrons. The van der Waals surface area contributed by atoms with Crippen molar-refractivity contribution in [2.45, 2.75) is 13.3 Å². The van der Waals surface area contributed by atoms with E-state index in [9.17, 15) is 4.79 Å². The van der Waals surface area contributed by atoms with Gasteiger partial charge in [0.1, 0.15) is 0 Å². The zero-order valence-corrected chi connectivity index (χ0v) is 11.1. The van der Waals surface area contributed by atoms with Crippen molar-refractivity contribution in [2.24, 2.45) is 0 Å². The highest BCUT2D eigenvalue weighted by molar-refractivity contribution is 5.94. The van der Waals surface area contributed by atoms with Gasteiger partial charge >= 0.3 is 0 Å². The largest absolute Gasteiger partial charge is 0.339 e. The highest BCUT2D eigenvalue weighted by Gasteiger charge is 2.15. The molecule has 2 aromatic carbocycles. The van der Waals surface area contributed by atoms with Crippen molar-refractivity contribution >= 4 is 22.3 Å². The van der Waals surface area contributed by atoms with Crippen LogP contribution in [0, 0.1) is 0 Å². The highest BCUT2D eigenvalue weighted by Crippen LogP contribution is 2.29. The number of rotatable bonds is 1. The van der Waals surface area contributed by atoms with Gasteiger partial charge in [0.25, 0.3) is 0 Å². The fourth-order valence-corrected chi connectivity index (χ4v) is 2.71. The van der Waals surface area contributed by atoms with Gasteiger partial charge in [0.2, 0.25) is 5.91 Å². The van der Waals surface area contributed by atoms with E-state index in [1.54, 1.807) is 6.92 Å². The Morgan fingerprint density at radius 1 is 1.11 bits per heavy atom. The molecule has 0 radical (unpaired) electrons. The molecule has 1 heterocycles. The number of carbonyl (C=O) groups is 1. The van der Waals surface area contributed by atoms with Crippen LogP contribution in [-0.2, 0) is 4.79 Å². The van der Waals surface area contributed by atoms with Gasteiger partial charge < -0.3 is 4.90 Å². The minimum Gasteiger partial charge on any atom is -0.339 e. The molecule has 1 aliphatic heterocycles. The molecule has 0 bridgehead atoms. The van der Waals surface area contributed by atoms with E-state index in [0.717, 1.165) is 19.5 Å². The van der Waals surface area contributed by atoms with Crippen molar-refractivity contribution in [3.05, 3.63) is 54.1 Å². The molecule has 0 N–H and O–H groups in total. The van der Waals surface area contributed by atoms with Crippen LogP contribution in [-0.4, -0.2) is 23.9 Å². The average molecular weight is 251 g/mol. The lowest BCUT2D eigenvalue weighted by molar-refractivity contribution is -0.128. The Hall–Kier alpha value is -2.09. The number of amides is 1. The first-order valence-corrected chi connectivity index (χ1v) is 6.68. The first kappa shape index (κ1) is 12.0. The van der Waals surface area contributed by atoms with Gasteiger partial charge in [-0.05, 0) is 28.3 Å². The number of hydrogen-bond donors (Lipinski definition) is 0. The van der Waals surface area contributed by atoms with Gasteiger partial charge in [-0.2, -0.15) is 0 Å². The molecule has 0 fully saturated rings. The Bertz CT molecular complexity index is 652. The molecule has 3 rings (SSSR count). The smallest absolute Gasteiger partial charge is 0.219 e. The van der Waals surface area contributed by atoms with E-state index in [4.69, 9.17) is 0 Å². The van der Waals surface area contributed by atoms with E-state index in [1.807, 2.05) is 4.90 Å². The summed E-state index contributed by atoms with van der Waals surface area (Å²) in [7, 11) is 0. The van der Waals surface area contributed by atoms with Crippen molar-refractivity contribution in [3.8, 4) is 0 Å². The maximum Gasteiger partial charge on any atom is 0.219 e. The SMILES string of the molecule is CC(=O)N1CC=C(c2cccc3ccccc23)CC1. The summed E-state index contributed by atoms with van der Waals surface area (Å²) in [4.78, 5) is 13.2. The number of carbonyl (C=O) groups excluding carboxylic acids is 1. The monoisotopic (exact) mass is 251 g/mol. The van der Waals surface area contributed by atoms with E-state index >= 15 is 0 Å². The van der Waals surface area contributed by atoms with Crippen molar-refractivity contribution in [1.29, 1.82) is 0 Å². The number of hydrogen-bond acceptors (Lipinski definition) is 1. The minimum atomic E-state index is 0.160. The van der Waals surface area contributed by atoms with E-state index < -0.39 is 0 Å². The number of nitrogens with zero attached hydrogens (tertiary/aromatic N) is 1. The molecule has 0 aliphatic carbocycles. The van der Waals surface area contributed by atoms with E-state index in [1.165, 1.54) is 21.9 Å². The molecule has 0 unspecified atom stereocenters. The Balaban J connectivity index is 2.00. The van der Waals surface area contributed by atoms with Crippen LogP contribution >= 0.6 is 0 Å². The van der Waals surface area contributed by atoms with Crippen molar-refractivity contribution in [2.75, 3.05) is 13.1 Å². The lowest BCUT2D eigenvalue weighted by Crippen LogP contribution is -2.32. The van der Waals surface area contributed by atoms with Crippen molar-refractivity contribution < 1.29 is 4.79 Å². The van der Waals surface area contributed by atoms with Crippen LogP contribution < -0.4 is 0 Å². The van der Waals surface area contributed by atoms with Gasteiger partial charge in [0.05, 0.1) is 0 Å². The van der Waals surface area contributed by atoms with Crippen molar-refractivity contribution in [1.82, 2.24) is 4.90 Å². The summed E-state index contributed by atoms with van der Waals surface area (Å²) in [6.45, 7) is 3.19. The van der Waals surface area contributed by atoms with Crippen LogP contribution in [0.5, 0.6) is 0 Å². The molecule has 2 nitrogen and oxygen atoms in total. The molecule has 0 spiro atoms. The number of benzene rings is 2. The Labute approximate surface area is 113 Å². The minimum absolute atomic E-state index is 0.160. The summed E-state index contributed by atoms with van der Waals surface area (Å²) < 4.78 is 0. The number of fused-ring (bicyclic) bond motifs is 1. The predicted octanol–water partition coefficient (Wildman–Crippen LogP) is 3.48. The van der Waals surface area contributed by atoms with Gasteiger partial charge in [-0.1, -0.05) is 48.5 Å². The van der Waals surface area contributed by atoms with Gasteiger partial charge in [-0.25, -0.2) is 0 Å². The summed E-state index contributed by atoms with van der Waals surface area (Å²) in [5, 5.41) is 2.57. The Kier molecular flexibility index (Phi) is 3.08. The fraction of sp³-hybridized carbons (Fsp3) is 0.235. The molecule has 2 aromatic rings. The van der Waals surface area contributed by atoms with Crippen LogP contribution in [0.1, 0.15) is 18.9 Å². The topological polar surface area (TPSA) is 20.3 Å². The molecular formula is C17H17NO. The zero-order valence-electron chi connectivity index (χ0n) is 11.1. The third-order valence-corrected chi connectivity index (χ3v) is 3.79. The summed E-state index contributed by atoms with van der Waals surface area (Å²) in [5.41, 5.74) is 2.66. The highest BCUT2D eigenvalue weighted by atomic mass is 16.2. The third kappa shape index (κ3) is 2.26. The van der Waals surface area contributed by atoms with Crippen LogP contribution in [0.15, 0.2) is 48.5 Å². The second-order valence-electron chi connectivity index (χ2n) is 4.97. The molecule has 1 amide bonds. The summed E-state index contributed by atoms with van der Waals surface area (Å²) >= 11 is 0. The van der Waals surface area contributed by atoms with Crippen LogP contribution in [0.3, 0.4) is 0 Å². The maximum atomic E-state index is 11.4. The van der Waals surface area contributed by atoms with E-state index in [2.05, 4.69) is 48.5 Å². The molecule has 0 atom stereocenters. The molecule has 19 heavy (non-hydrogen) atoms. The van der Waals surface area contributed by atoms with Gasteiger partial charge in [-0.3, -0.25) is 4.79 Å². The Morgan fingerprint density at radius 3 is 2.63 bits per heavy atom. The molecule has 0 saturated heterocycles. The molecule has 0 saturated carbocycles. The average Bonchev–Trinajstić information content (AvgIpc) is 2.47. The van der Waals surface area contributed by atoms with E-state index in [-0.39, 0.29) is 5.91 Å². The normalized spacial score (nSPS) is 15.4. The molecular weight excluding hydrogens is 234 g/mol. The zero-order chi connectivity index (χ0) is 13.2. The summed E-state index contributed by atoms with van der Waals surface area (Å²) in [6, 6.07) is 14.9. The second kappa shape index (κ2) is 4.88. The van der Waals surface area contributed by atoms with Gasteiger partial charge in [-0.15, -0.1) is 0 Å². The Morgan fingerprint density at radius 2 is 1.89 bits per heavy atom. The summed E-state index contributed by atoms with van der Waals surface area (Å²) in [5.74, 6) is 0.160. The molecule has 2 heteroatoms. The lowest BCUT2D eigenvalue weighted by atomic mass is 9.94. The lowest BCUT2D eigenvalue weighted by Gasteiger charge is -2.26. The predicted molar refractivity (Wildman–Crippen MR) is 78.8 cm³/mol. The molecule has 1 aliphatic rings. The second-order valence-corrected chi connectivity index (χ2v) is 4.97. The van der Waals surface area contributed by atoms with E-state index in [0.29, 0.717) is 0 Å². The summed E-state index contributed by atoms with van der Waals surface area (Å²) in [6.07, 6.45) is 3.13. The van der Waals surface area contributed by atoms with Crippen LogP contribution in [0.25, 0.3) is 16.3 Å². The van der Waals surface area contributed by atoms with Crippen molar-refractivity contribution in [3.63, 3.8) is 0 Å². The quantitative estimate of drug-likeness (QED) is 0.760. The molecule has 0 aromatic heterocycles. The third-order valence-electron chi connectivity index (χ3n) is 3.79. The maximum absolute atomic E-state index is 11.4. The van der Waals surface area contributed by atoms with Gasteiger partial charge in [0, 0.05) is 20.0 Å². The van der Waals surface area contributed by atoms with Crippen LogP contribution in [0.4, 0.5) is 0 Å². The standard InChI is InChI=1S/C17H17NO/c1-13(19)18-11-9-15(10-12-18)17-8-4-6-14-5-2-3-7-16(14)17/h2-9H,10-12H2,1H3. The fourth-order valence-electron chi connectivity index (χ4n) is 2.71. The first-order valence-electron chi connectivity index (χ1n) is 6.68. The van der Waals surface area contributed by atoms with Gasteiger partial charge in [0.15, 0.2) is 0 Å². The van der Waals surface area contributed by atoms with Crippen LogP contribution in [0.2, 0.25) is 0 Å².